The molecule has 2 rings (SSSR count). The lowest BCUT2D eigenvalue weighted by atomic mass is 10.2. The first-order valence-corrected chi connectivity index (χ1v) is 8.60. The Morgan fingerprint density at radius 3 is 3.05 bits per heavy atom. The molecule has 1 heterocycles. The highest BCUT2D eigenvalue weighted by atomic mass is 32.2. The Morgan fingerprint density at radius 2 is 2.37 bits per heavy atom. The maximum atomic E-state index is 12.5. The van der Waals surface area contributed by atoms with E-state index in [1.165, 1.54) is 17.8 Å². The highest BCUT2D eigenvalue weighted by Crippen LogP contribution is 2.34. The lowest BCUT2D eigenvalue weighted by molar-refractivity contribution is 0.0737. The van der Waals surface area contributed by atoms with E-state index in [2.05, 4.69) is 6.92 Å². The van der Waals surface area contributed by atoms with Crippen LogP contribution in [0.5, 0.6) is 5.75 Å². The smallest absolute Gasteiger partial charge is 0.267 e. The van der Waals surface area contributed by atoms with E-state index in [0.717, 1.165) is 28.7 Å². The van der Waals surface area contributed by atoms with Gasteiger partial charge in [-0.1, -0.05) is 6.92 Å². The molecule has 0 aromatic carbocycles. The number of nitrogens with zero attached hydrogens (tertiary/aromatic N) is 1. The molecule has 1 aromatic heterocycles. The second-order valence-electron chi connectivity index (χ2n) is 4.78. The number of methoxy groups -OCH3 is 1. The third-order valence-corrected chi connectivity index (χ3v) is 5.79. The molecule has 2 atom stereocenters. The van der Waals surface area contributed by atoms with Gasteiger partial charge in [-0.05, 0) is 36.5 Å². The second-order valence-corrected chi connectivity index (χ2v) is 7.27. The molecule has 0 N–H and O–H groups in total. The fraction of sp³-hybridized carbons (Fsp3) is 0.643. The van der Waals surface area contributed by atoms with Gasteiger partial charge >= 0.3 is 0 Å². The molecule has 0 saturated heterocycles. The molecule has 5 heteroatoms. The number of hydrogen-bond acceptors (Lipinski definition) is 4. The fourth-order valence-corrected chi connectivity index (χ4v) is 4.57. The van der Waals surface area contributed by atoms with Gasteiger partial charge in [0.1, 0.15) is 10.6 Å². The summed E-state index contributed by atoms with van der Waals surface area (Å²) >= 11 is 3.48. The minimum Gasteiger partial charge on any atom is -0.495 e. The van der Waals surface area contributed by atoms with Gasteiger partial charge in [-0.15, -0.1) is 11.3 Å². The van der Waals surface area contributed by atoms with Gasteiger partial charge in [0.15, 0.2) is 0 Å². The molecule has 1 aromatic rings. The Balaban J connectivity index is 2.00. The maximum absolute atomic E-state index is 12.5. The molecular formula is C14H21NO2S2. The number of amides is 1. The zero-order chi connectivity index (χ0) is 13.8. The molecule has 19 heavy (non-hydrogen) atoms. The summed E-state index contributed by atoms with van der Waals surface area (Å²) in [5.74, 6) is 1.95. The Morgan fingerprint density at radius 1 is 1.58 bits per heavy atom. The van der Waals surface area contributed by atoms with Gasteiger partial charge in [-0.25, -0.2) is 0 Å². The van der Waals surface area contributed by atoms with E-state index >= 15 is 0 Å². The lowest BCUT2D eigenvalue weighted by Crippen LogP contribution is -2.35. The zero-order valence-electron chi connectivity index (χ0n) is 11.7. The van der Waals surface area contributed by atoms with Crippen molar-refractivity contribution < 1.29 is 9.53 Å². The standard InChI is InChI=1S/C14H21NO2S2/c1-4-18-11-6-5-10(9-11)15(2)14(16)13-12(17-3)7-8-19-13/h7-8,10-11H,4-6,9H2,1-3H3/t10-,11+/m0/s1. The zero-order valence-corrected chi connectivity index (χ0v) is 13.4. The van der Waals surface area contributed by atoms with Crippen molar-refractivity contribution >= 4 is 29.0 Å². The minimum absolute atomic E-state index is 0.0963. The molecule has 0 aliphatic heterocycles. The van der Waals surface area contributed by atoms with E-state index in [4.69, 9.17) is 4.74 Å². The summed E-state index contributed by atoms with van der Waals surface area (Å²) in [4.78, 5) is 15.1. The Hall–Kier alpha value is -0.680. The summed E-state index contributed by atoms with van der Waals surface area (Å²) in [6, 6.07) is 2.24. The molecule has 1 fully saturated rings. The number of hydrogen-bond donors (Lipinski definition) is 0. The predicted molar refractivity (Wildman–Crippen MR) is 82.5 cm³/mol. The summed E-state index contributed by atoms with van der Waals surface area (Å²) in [6.07, 6.45) is 3.46. The third-order valence-electron chi connectivity index (χ3n) is 3.67. The van der Waals surface area contributed by atoms with Gasteiger partial charge in [0.25, 0.3) is 5.91 Å². The first kappa shape index (κ1) is 14.7. The first-order valence-electron chi connectivity index (χ1n) is 6.67. The van der Waals surface area contributed by atoms with Crippen molar-refractivity contribution in [3.8, 4) is 5.75 Å². The minimum atomic E-state index is 0.0963. The van der Waals surface area contributed by atoms with Crippen LogP contribution in [0.3, 0.4) is 0 Å². The van der Waals surface area contributed by atoms with Crippen LogP contribution in [0.15, 0.2) is 11.4 Å². The van der Waals surface area contributed by atoms with Crippen LogP contribution in [-0.4, -0.2) is 42.0 Å². The van der Waals surface area contributed by atoms with Gasteiger partial charge in [0.05, 0.1) is 7.11 Å². The average molecular weight is 299 g/mol. The topological polar surface area (TPSA) is 29.5 Å². The number of carbonyl (C=O) groups excluding carboxylic acids is 1. The van der Waals surface area contributed by atoms with Crippen LogP contribution in [0.1, 0.15) is 35.9 Å². The number of carbonyl (C=O) groups is 1. The van der Waals surface area contributed by atoms with E-state index in [1.54, 1.807) is 7.11 Å². The molecule has 1 saturated carbocycles. The van der Waals surface area contributed by atoms with Crippen LogP contribution in [-0.2, 0) is 0 Å². The summed E-state index contributed by atoms with van der Waals surface area (Å²) in [5, 5.41) is 2.63. The molecule has 0 spiro atoms. The molecule has 3 nitrogen and oxygen atoms in total. The second kappa shape index (κ2) is 6.66. The Labute approximate surface area is 123 Å². The quantitative estimate of drug-likeness (QED) is 0.833. The molecule has 1 aliphatic rings. The highest BCUT2D eigenvalue weighted by Gasteiger charge is 2.31. The average Bonchev–Trinajstić information content (AvgIpc) is 3.05. The fourth-order valence-electron chi connectivity index (χ4n) is 2.60. The van der Waals surface area contributed by atoms with Crippen molar-refractivity contribution in [3.05, 3.63) is 16.3 Å². The van der Waals surface area contributed by atoms with E-state index in [1.807, 2.05) is 35.2 Å². The summed E-state index contributed by atoms with van der Waals surface area (Å²) in [7, 11) is 3.54. The van der Waals surface area contributed by atoms with E-state index in [0.29, 0.717) is 11.8 Å². The first-order chi connectivity index (χ1) is 9.17. The molecule has 0 radical (unpaired) electrons. The van der Waals surface area contributed by atoms with Crippen molar-refractivity contribution in [1.29, 1.82) is 0 Å². The van der Waals surface area contributed by atoms with Gasteiger partial charge in [0.2, 0.25) is 0 Å². The molecular weight excluding hydrogens is 278 g/mol. The highest BCUT2D eigenvalue weighted by molar-refractivity contribution is 7.99. The van der Waals surface area contributed by atoms with Crippen molar-refractivity contribution in [2.45, 2.75) is 37.5 Å². The van der Waals surface area contributed by atoms with Crippen LogP contribution in [0.25, 0.3) is 0 Å². The molecule has 0 bridgehead atoms. The molecule has 1 amide bonds. The van der Waals surface area contributed by atoms with Gasteiger partial charge < -0.3 is 9.64 Å². The summed E-state index contributed by atoms with van der Waals surface area (Å²) < 4.78 is 5.24. The van der Waals surface area contributed by atoms with E-state index < -0.39 is 0 Å². The molecule has 0 unspecified atom stereocenters. The van der Waals surface area contributed by atoms with Crippen LogP contribution >= 0.6 is 23.1 Å². The Bertz CT molecular complexity index is 433. The van der Waals surface area contributed by atoms with Crippen molar-refractivity contribution in [1.82, 2.24) is 4.90 Å². The maximum Gasteiger partial charge on any atom is 0.267 e. The summed E-state index contributed by atoms with van der Waals surface area (Å²) in [6.45, 7) is 2.20. The molecule has 106 valence electrons. The van der Waals surface area contributed by atoms with Crippen molar-refractivity contribution in [3.63, 3.8) is 0 Å². The monoisotopic (exact) mass is 299 g/mol. The predicted octanol–water partition coefficient (Wildman–Crippen LogP) is 3.50. The largest absolute Gasteiger partial charge is 0.495 e. The lowest BCUT2D eigenvalue weighted by Gasteiger charge is -2.24. The van der Waals surface area contributed by atoms with E-state index in [-0.39, 0.29) is 5.91 Å². The molecule has 1 aliphatic carbocycles. The van der Waals surface area contributed by atoms with Crippen LogP contribution in [0.4, 0.5) is 0 Å². The van der Waals surface area contributed by atoms with E-state index in [9.17, 15) is 4.79 Å². The van der Waals surface area contributed by atoms with Gasteiger partial charge in [-0.3, -0.25) is 4.79 Å². The number of rotatable bonds is 5. The van der Waals surface area contributed by atoms with Crippen LogP contribution in [0.2, 0.25) is 0 Å². The van der Waals surface area contributed by atoms with Crippen LogP contribution in [0, 0.1) is 0 Å². The summed E-state index contributed by atoms with van der Waals surface area (Å²) in [5.41, 5.74) is 0. The third kappa shape index (κ3) is 3.26. The van der Waals surface area contributed by atoms with Crippen LogP contribution < -0.4 is 4.74 Å². The van der Waals surface area contributed by atoms with Gasteiger partial charge in [0, 0.05) is 18.3 Å². The van der Waals surface area contributed by atoms with Gasteiger partial charge in [-0.2, -0.15) is 11.8 Å². The number of ether oxygens (including phenoxy) is 1. The Kier molecular flexibility index (Phi) is 5.16. The normalized spacial score (nSPS) is 22.5. The number of thioether (sulfide) groups is 1. The van der Waals surface area contributed by atoms with Crippen molar-refractivity contribution in [2.75, 3.05) is 19.9 Å². The number of thiophene rings is 1. The SMILES string of the molecule is CCS[C@@H]1CC[C@H](N(C)C(=O)c2sccc2OC)C1. The van der Waals surface area contributed by atoms with Crippen molar-refractivity contribution in [2.24, 2.45) is 0 Å².